The minimum atomic E-state index is 0.166. The van der Waals surface area contributed by atoms with Crippen LogP contribution in [0.25, 0.3) is 0 Å². The Morgan fingerprint density at radius 3 is 2.45 bits per heavy atom. The van der Waals surface area contributed by atoms with Gasteiger partial charge in [-0.2, -0.15) is 0 Å². The zero-order valence-electron chi connectivity index (χ0n) is 12.5. The van der Waals surface area contributed by atoms with Crippen LogP contribution in [0.3, 0.4) is 0 Å². The summed E-state index contributed by atoms with van der Waals surface area (Å²) in [6.07, 6.45) is 2.77. The molecule has 0 bridgehead atoms. The van der Waals surface area contributed by atoms with Gasteiger partial charge in [-0.15, -0.1) is 0 Å². The van der Waals surface area contributed by atoms with Crippen LogP contribution >= 0.6 is 0 Å². The van der Waals surface area contributed by atoms with Crippen LogP contribution in [-0.2, 0) is 0 Å². The van der Waals surface area contributed by atoms with E-state index in [1.165, 1.54) is 11.1 Å². The Labute approximate surface area is 121 Å². The number of benzene rings is 1. The summed E-state index contributed by atoms with van der Waals surface area (Å²) in [7, 11) is 0. The molecule has 3 heteroatoms. The number of nitrogens with one attached hydrogen (secondary N) is 1. The van der Waals surface area contributed by atoms with Gasteiger partial charge in [-0.05, 0) is 43.7 Å². The number of rotatable bonds is 7. The van der Waals surface area contributed by atoms with Crippen LogP contribution in [0.2, 0.25) is 0 Å². The molecular weight excluding hydrogens is 250 g/mol. The minimum absolute atomic E-state index is 0.166. The topological polar surface area (TPSA) is 34.4 Å². The summed E-state index contributed by atoms with van der Waals surface area (Å²) in [5.74, 6) is 1.89. The highest BCUT2D eigenvalue weighted by atomic mass is 16.5. The lowest BCUT2D eigenvalue weighted by molar-refractivity contribution is 0.317. The first kappa shape index (κ1) is 14.7. The van der Waals surface area contributed by atoms with Crippen molar-refractivity contribution in [1.29, 1.82) is 0 Å². The molecule has 3 nitrogen and oxygen atoms in total. The van der Waals surface area contributed by atoms with Gasteiger partial charge < -0.3 is 14.5 Å². The van der Waals surface area contributed by atoms with E-state index in [9.17, 15) is 0 Å². The lowest BCUT2D eigenvalue weighted by Crippen LogP contribution is -2.22. The molecule has 108 valence electrons. The van der Waals surface area contributed by atoms with Gasteiger partial charge in [-0.25, -0.2) is 0 Å². The molecule has 0 spiro atoms. The normalized spacial score (nSPS) is 12.3. The van der Waals surface area contributed by atoms with Crippen molar-refractivity contribution < 1.29 is 9.15 Å². The molecule has 1 unspecified atom stereocenters. The van der Waals surface area contributed by atoms with E-state index in [1.807, 2.05) is 25.1 Å². The Balaban J connectivity index is 2.19. The van der Waals surface area contributed by atoms with Gasteiger partial charge in [-0.3, -0.25) is 0 Å². The van der Waals surface area contributed by atoms with E-state index in [1.54, 1.807) is 6.26 Å². The van der Waals surface area contributed by atoms with E-state index in [2.05, 4.69) is 31.3 Å². The third kappa shape index (κ3) is 3.42. The van der Waals surface area contributed by atoms with E-state index in [0.717, 1.165) is 31.1 Å². The highest BCUT2D eigenvalue weighted by molar-refractivity contribution is 5.36. The molecule has 0 fully saturated rings. The molecule has 1 heterocycles. The van der Waals surface area contributed by atoms with E-state index in [4.69, 9.17) is 9.15 Å². The molecule has 1 N–H and O–H groups in total. The molecule has 1 aromatic carbocycles. The Morgan fingerprint density at radius 1 is 1.15 bits per heavy atom. The second-order valence-corrected chi connectivity index (χ2v) is 4.84. The van der Waals surface area contributed by atoms with Crippen LogP contribution in [0.15, 0.2) is 41.0 Å². The van der Waals surface area contributed by atoms with Gasteiger partial charge in [0.05, 0.1) is 18.9 Å². The molecule has 1 atom stereocenters. The third-order valence-electron chi connectivity index (χ3n) is 3.30. The first-order chi connectivity index (χ1) is 9.76. The molecule has 0 radical (unpaired) electrons. The average molecular weight is 273 g/mol. The number of aryl methyl sites for hydroxylation is 1. The van der Waals surface area contributed by atoms with Crippen LogP contribution in [0.1, 0.15) is 43.2 Å². The Kier molecular flexibility index (Phi) is 5.24. The largest absolute Gasteiger partial charge is 0.494 e. The van der Waals surface area contributed by atoms with Gasteiger partial charge in [0, 0.05) is 5.56 Å². The summed E-state index contributed by atoms with van der Waals surface area (Å²) in [4.78, 5) is 0. The molecule has 0 saturated carbocycles. The fourth-order valence-corrected chi connectivity index (χ4v) is 2.28. The van der Waals surface area contributed by atoms with E-state index < -0.39 is 0 Å². The SMILES string of the molecule is CCCOc1ccc(C(NCC)c2ccoc2C)cc1. The fraction of sp³-hybridized carbons (Fsp3) is 0.412. The van der Waals surface area contributed by atoms with Crippen molar-refractivity contribution in [3.63, 3.8) is 0 Å². The van der Waals surface area contributed by atoms with Crippen molar-refractivity contribution in [2.24, 2.45) is 0 Å². The molecule has 0 aliphatic heterocycles. The average Bonchev–Trinajstić information content (AvgIpc) is 2.89. The summed E-state index contributed by atoms with van der Waals surface area (Å²) in [6, 6.07) is 10.5. The Morgan fingerprint density at radius 2 is 1.90 bits per heavy atom. The lowest BCUT2D eigenvalue weighted by Gasteiger charge is -2.18. The van der Waals surface area contributed by atoms with Gasteiger partial charge in [0.1, 0.15) is 11.5 Å². The van der Waals surface area contributed by atoms with E-state index in [0.29, 0.717) is 0 Å². The number of hydrogen-bond acceptors (Lipinski definition) is 3. The summed E-state index contributed by atoms with van der Waals surface area (Å²) in [5, 5.41) is 3.50. The first-order valence-corrected chi connectivity index (χ1v) is 7.26. The quantitative estimate of drug-likeness (QED) is 0.825. The van der Waals surface area contributed by atoms with Crippen LogP contribution in [0.5, 0.6) is 5.75 Å². The molecule has 0 aliphatic carbocycles. The predicted molar refractivity (Wildman–Crippen MR) is 81.2 cm³/mol. The van der Waals surface area contributed by atoms with E-state index in [-0.39, 0.29) is 6.04 Å². The Bertz CT molecular complexity index is 516. The molecule has 2 aromatic rings. The Hall–Kier alpha value is -1.74. The maximum absolute atomic E-state index is 5.63. The molecule has 0 amide bonds. The smallest absolute Gasteiger partial charge is 0.119 e. The van der Waals surface area contributed by atoms with Gasteiger partial charge in [0.15, 0.2) is 0 Å². The van der Waals surface area contributed by atoms with Crippen molar-refractivity contribution in [2.75, 3.05) is 13.2 Å². The minimum Gasteiger partial charge on any atom is -0.494 e. The summed E-state index contributed by atoms with van der Waals surface area (Å²) in [5.41, 5.74) is 2.41. The summed E-state index contributed by atoms with van der Waals surface area (Å²) < 4.78 is 11.1. The van der Waals surface area contributed by atoms with Crippen LogP contribution in [0.4, 0.5) is 0 Å². The third-order valence-corrected chi connectivity index (χ3v) is 3.30. The van der Waals surface area contributed by atoms with Gasteiger partial charge in [0.2, 0.25) is 0 Å². The maximum atomic E-state index is 5.63. The highest BCUT2D eigenvalue weighted by Crippen LogP contribution is 2.27. The zero-order chi connectivity index (χ0) is 14.4. The number of hydrogen-bond donors (Lipinski definition) is 1. The maximum Gasteiger partial charge on any atom is 0.119 e. The first-order valence-electron chi connectivity index (χ1n) is 7.26. The van der Waals surface area contributed by atoms with Gasteiger partial charge >= 0.3 is 0 Å². The van der Waals surface area contributed by atoms with Crippen molar-refractivity contribution >= 4 is 0 Å². The summed E-state index contributed by atoms with van der Waals surface area (Å²) in [6.45, 7) is 7.89. The zero-order valence-corrected chi connectivity index (χ0v) is 12.5. The molecule has 20 heavy (non-hydrogen) atoms. The van der Waals surface area contributed by atoms with Crippen molar-refractivity contribution in [1.82, 2.24) is 5.32 Å². The van der Waals surface area contributed by atoms with Crippen molar-refractivity contribution in [2.45, 2.75) is 33.2 Å². The predicted octanol–water partition coefficient (Wildman–Crippen LogP) is 4.08. The van der Waals surface area contributed by atoms with E-state index >= 15 is 0 Å². The molecule has 0 saturated heterocycles. The van der Waals surface area contributed by atoms with Crippen LogP contribution in [-0.4, -0.2) is 13.2 Å². The van der Waals surface area contributed by atoms with Gasteiger partial charge in [-0.1, -0.05) is 26.0 Å². The molecule has 1 aromatic heterocycles. The van der Waals surface area contributed by atoms with Crippen molar-refractivity contribution in [3.05, 3.63) is 53.5 Å². The fourth-order valence-electron chi connectivity index (χ4n) is 2.28. The molecule has 0 aliphatic rings. The van der Waals surface area contributed by atoms with Crippen molar-refractivity contribution in [3.8, 4) is 5.75 Å². The molecular formula is C17H23NO2. The van der Waals surface area contributed by atoms with Crippen LogP contribution in [0, 0.1) is 6.92 Å². The highest BCUT2D eigenvalue weighted by Gasteiger charge is 2.16. The monoisotopic (exact) mass is 273 g/mol. The molecule has 2 rings (SSSR count). The lowest BCUT2D eigenvalue weighted by atomic mass is 9.99. The second kappa shape index (κ2) is 7.15. The second-order valence-electron chi connectivity index (χ2n) is 4.84. The van der Waals surface area contributed by atoms with Gasteiger partial charge in [0.25, 0.3) is 0 Å². The summed E-state index contributed by atoms with van der Waals surface area (Å²) >= 11 is 0. The standard InChI is InChI=1S/C17H23NO2/c1-4-11-20-15-8-6-14(7-9-15)17(18-5-2)16-10-12-19-13(16)3/h6-10,12,17-18H,4-5,11H2,1-3H3. The number of furan rings is 1. The van der Waals surface area contributed by atoms with Crippen LogP contribution < -0.4 is 10.1 Å². The number of ether oxygens (including phenoxy) is 1.